The molecule has 0 unspecified atom stereocenters. The topological polar surface area (TPSA) is 62.8 Å². The van der Waals surface area contributed by atoms with Gasteiger partial charge in [0.15, 0.2) is 0 Å². The van der Waals surface area contributed by atoms with Gasteiger partial charge in [0.2, 0.25) is 0 Å². The summed E-state index contributed by atoms with van der Waals surface area (Å²) in [6.07, 6.45) is 4.52. The minimum atomic E-state index is -0.133. The average molecular weight is 450 g/mol. The first-order chi connectivity index (χ1) is 16.1. The summed E-state index contributed by atoms with van der Waals surface area (Å²) in [6.45, 7) is 5.24. The highest BCUT2D eigenvalue weighted by atomic mass is 16.5. The zero-order chi connectivity index (χ0) is 22.9. The van der Waals surface area contributed by atoms with Crippen molar-refractivity contribution in [2.24, 2.45) is 5.92 Å². The van der Waals surface area contributed by atoms with Gasteiger partial charge in [0, 0.05) is 36.3 Å². The maximum absolute atomic E-state index is 13.5. The van der Waals surface area contributed by atoms with E-state index in [1.165, 1.54) is 18.4 Å². The van der Waals surface area contributed by atoms with Crippen LogP contribution < -0.4 is 20.1 Å². The van der Waals surface area contributed by atoms with Crippen LogP contribution in [0.2, 0.25) is 0 Å². The number of carbonyl (C=O) groups excluding carboxylic acids is 1. The predicted molar refractivity (Wildman–Crippen MR) is 129 cm³/mol. The Morgan fingerprint density at radius 2 is 2.03 bits per heavy atom. The van der Waals surface area contributed by atoms with Gasteiger partial charge in [0.05, 0.1) is 25.8 Å². The van der Waals surface area contributed by atoms with Gasteiger partial charge in [-0.1, -0.05) is 30.3 Å². The summed E-state index contributed by atoms with van der Waals surface area (Å²) < 4.78 is 11.8. The Kier molecular flexibility index (Phi) is 6.30. The molecule has 3 heterocycles. The average Bonchev–Trinajstić information content (AvgIpc) is 2.86. The van der Waals surface area contributed by atoms with E-state index in [2.05, 4.69) is 15.5 Å². The van der Waals surface area contributed by atoms with Crippen LogP contribution in [-0.2, 0) is 6.42 Å². The second-order valence-electron chi connectivity index (χ2n) is 9.62. The molecule has 5 rings (SSSR count). The molecule has 0 aliphatic carbocycles. The molecule has 0 radical (unpaired) electrons. The van der Waals surface area contributed by atoms with Crippen molar-refractivity contribution >= 4 is 5.91 Å². The third-order valence-electron chi connectivity index (χ3n) is 7.80. The maximum Gasteiger partial charge on any atom is 0.255 e. The molecule has 1 amide bonds. The monoisotopic (exact) mass is 449 g/mol. The number of ether oxygens (including phenoxy) is 2. The Balaban J connectivity index is 1.51. The molecular formula is C27H35N3O3. The first-order valence-electron chi connectivity index (χ1n) is 12.2. The number of benzene rings is 2. The Hall–Kier alpha value is -2.57. The summed E-state index contributed by atoms with van der Waals surface area (Å²) in [5, 5.41) is 6.92. The number of nitrogens with one attached hydrogen (secondary N) is 2. The van der Waals surface area contributed by atoms with Gasteiger partial charge in [-0.15, -0.1) is 0 Å². The summed E-state index contributed by atoms with van der Waals surface area (Å²) in [6, 6.07) is 12.5. The van der Waals surface area contributed by atoms with Crippen LogP contribution in [0.4, 0.5) is 0 Å². The Morgan fingerprint density at radius 1 is 1.21 bits per heavy atom. The summed E-state index contributed by atoms with van der Waals surface area (Å²) in [7, 11) is 3.38. The highest BCUT2D eigenvalue weighted by Gasteiger charge is 2.42. The number of hydrogen-bond acceptors (Lipinski definition) is 5. The molecule has 0 bridgehead atoms. The van der Waals surface area contributed by atoms with Crippen LogP contribution in [0.1, 0.15) is 65.3 Å². The van der Waals surface area contributed by atoms with Gasteiger partial charge in [-0.3, -0.25) is 9.69 Å². The predicted octanol–water partition coefficient (Wildman–Crippen LogP) is 3.87. The standard InChI is InChI=1S/C27H35N3O3/c1-17(18-8-5-4-6-9-18)29-27(31)21-14-24(32-2)20-11-13-30-16-19-10-7-12-28-22(19)15-23(30)25(20)26(21)33-3/h4-6,8-9,14,17,19,22-23,28H,7,10-13,15-16H2,1-3H3,(H,29,31)/t17-,19+,22+,23-/m1/s1. The van der Waals surface area contributed by atoms with Crippen molar-refractivity contribution in [1.29, 1.82) is 0 Å². The van der Waals surface area contributed by atoms with Crippen LogP contribution in [0.5, 0.6) is 11.5 Å². The fourth-order valence-corrected chi connectivity index (χ4v) is 6.11. The van der Waals surface area contributed by atoms with E-state index in [0.29, 0.717) is 23.3 Å². The van der Waals surface area contributed by atoms with Crippen LogP contribution in [0.3, 0.4) is 0 Å². The molecule has 2 aromatic carbocycles. The van der Waals surface area contributed by atoms with Crippen LogP contribution in [0.25, 0.3) is 0 Å². The molecule has 0 spiro atoms. The second kappa shape index (κ2) is 9.35. The molecular weight excluding hydrogens is 414 g/mol. The third kappa shape index (κ3) is 4.11. The number of rotatable bonds is 5. The number of fused-ring (bicyclic) bond motifs is 4. The van der Waals surface area contributed by atoms with Crippen molar-refractivity contribution in [2.75, 3.05) is 33.9 Å². The van der Waals surface area contributed by atoms with Crippen molar-refractivity contribution in [3.05, 3.63) is 58.7 Å². The molecule has 2 fully saturated rings. The van der Waals surface area contributed by atoms with Gasteiger partial charge < -0.3 is 20.1 Å². The number of piperidine rings is 2. The largest absolute Gasteiger partial charge is 0.496 e. The molecule has 3 aliphatic rings. The van der Waals surface area contributed by atoms with E-state index in [1.807, 2.05) is 43.3 Å². The Labute approximate surface area is 196 Å². The van der Waals surface area contributed by atoms with Gasteiger partial charge in [0.25, 0.3) is 5.91 Å². The molecule has 6 heteroatoms. The molecule has 0 saturated carbocycles. The van der Waals surface area contributed by atoms with Crippen LogP contribution in [0, 0.1) is 5.92 Å². The molecule has 2 aromatic rings. The second-order valence-corrected chi connectivity index (χ2v) is 9.62. The summed E-state index contributed by atoms with van der Waals surface area (Å²) in [5.74, 6) is 2.07. The Morgan fingerprint density at radius 3 is 2.79 bits per heavy atom. The van der Waals surface area contributed by atoms with Crippen molar-refractivity contribution < 1.29 is 14.3 Å². The van der Waals surface area contributed by atoms with E-state index in [-0.39, 0.29) is 18.0 Å². The van der Waals surface area contributed by atoms with Gasteiger partial charge in [-0.2, -0.15) is 0 Å². The lowest BCUT2D eigenvalue weighted by molar-refractivity contribution is 0.0532. The van der Waals surface area contributed by atoms with E-state index in [4.69, 9.17) is 9.47 Å². The first-order valence-corrected chi connectivity index (χ1v) is 12.2. The lowest BCUT2D eigenvalue weighted by Crippen LogP contribution is -2.54. The summed E-state index contributed by atoms with van der Waals surface area (Å²) in [4.78, 5) is 16.1. The van der Waals surface area contributed by atoms with Gasteiger partial charge >= 0.3 is 0 Å². The maximum atomic E-state index is 13.5. The van der Waals surface area contributed by atoms with Gasteiger partial charge in [0.1, 0.15) is 11.5 Å². The zero-order valence-electron chi connectivity index (χ0n) is 19.9. The number of carbonyl (C=O) groups is 1. The van der Waals surface area contributed by atoms with E-state index >= 15 is 0 Å². The van der Waals surface area contributed by atoms with Gasteiger partial charge in [-0.25, -0.2) is 0 Å². The first kappa shape index (κ1) is 22.2. The molecule has 2 N–H and O–H groups in total. The molecule has 176 valence electrons. The van der Waals surface area contributed by atoms with E-state index in [1.54, 1.807) is 14.2 Å². The molecule has 4 atom stereocenters. The lowest BCUT2D eigenvalue weighted by atomic mass is 9.76. The normalized spacial score (nSPS) is 25.2. The number of nitrogens with zero attached hydrogens (tertiary/aromatic N) is 1. The molecule has 0 aromatic heterocycles. The molecule has 6 nitrogen and oxygen atoms in total. The third-order valence-corrected chi connectivity index (χ3v) is 7.80. The highest BCUT2D eigenvalue weighted by molar-refractivity contribution is 5.98. The van der Waals surface area contributed by atoms with Crippen molar-refractivity contribution in [1.82, 2.24) is 15.5 Å². The fraction of sp³-hybridized carbons (Fsp3) is 0.519. The number of amides is 1. The SMILES string of the molecule is COc1cc(C(=O)N[C@H](C)c2ccccc2)c(OC)c2c1CCN1C[C@@H]3CCCN[C@H]3C[C@H]21. The summed E-state index contributed by atoms with van der Waals surface area (Å²) in [5.41, 5.74) is 3.96. The van der Waals surface area contributed by atoms with Crippen LogP contribution in [0.15, 0.2) is 36.4 Å². The lowest BCUT2D eigenvalue weighted by Gasteiger charge is -2.49. The van der Waals surface area contributed by atoms with E-state index in [9.17, 15) is 4.79 Å². The van der Waals surface area contributed by atoms with Crippen molar-refractivity contribution in [2.45, 2.75) is 50.7 Å². The molecule has 2 saturated heterocycles. The molecule has 3 aliphatic heterocycles. The van der Waals surface area contributed by atoms with Crippen molar-refractivity contribution in [3.8, 4) is 11.5 Å². The van der Waals surface area contributed by atoms with Crippen molar-refractivity contribution in [3.63, 3.8) is 0 Å². The quantitative estimate of drug-likeness (QED) is 0.726. The van der Waals surface area contributed by atoms with E-state index in [0.717, 1.165) is 49.4 Å². The fourth-order valence-electron chi connectivity index (χ4n) is 6.11. The van der Waals surface area contributed by atoms with Crippen LogP contribution in [-0.4, -0.2) is 50.7 Å². The minimum absolute atomic E-state index is 0.108. The number of methoxy groups -OCH3 is 2. The highest BCUT2D eigenvalue weighted by Crippen LogP contribution is 2.48. The minimum Gasteiger partial charge on any atom is -0.496 e. The Bertz CT molecular complexity index is 1010. The zero-order valence-corrected chi connectivity index (χ0v) is 19.9. The summed E-state index contributed by atoms with van der Waals surface area (Å²) >= 11 is 0. The van der Waals surface area contributed by atoms with Gasteiger partial charge in [-0.05, 0) is 56.7 Å². The number of hydrogen-bond donors (Lipinski definition) is 2. The van der Waals surface area contributed by atoms with Crippen LogP contribution >= 0.6 is 0 Å². The smallest absolute Gasteiger partial charge is 0.255 e. The molecule has 33 heavy (non-hydrogen) atoms. The van der Waals surface area contributed by atoms with E-state index < -0.39 is 0 Å².